The minimum atomic E-state index is -0.322. The summed E-state index contributed by atoms with van der Waals surface area (Å²) in [5, 5.41) is 13.6. The predicted molar refractivity (Wildman–Crippen MR) is 154 cm³/mol. The van der Waals surface area contributed by atoms with Crippen LogP contribution in [0, 0.1) is 0 Å². The predicted octanol–water partition coefficient (Wildman–Crippen LogP) is 5.43. The maximum Gasteiger partial charge on any atom is 0.250 e. The number of benzene rings is 3. The molecule has 0 atom stereocenters. The third-order valence-corrected chi connectivity index (χ3v) is 6.52. The van der Waals surface area contributed by atoms with Crippen molar-refractivity contribution in [3.8, 4) is 34.3 Å². The second-order valence-corrected chi connectivity index (χ2v) is 9.29. The Kier molecular flexibility index (Phi) is 9.60. The summed E-state index contributed by atoms with van der Waals surface area (Å²) < 4.78 is 18.3. The first-order chi connectivity index (χ1) is 19.0. The molecule has 0 saturated carbocycles. The van der Waals surface area contributed by atoms with Crippen LogP contribution in [-0.4, -0.2) is 54.0 Å². The van der Waals surface area contributed by atoms with Crippen molar-refractivity contribution >= 4 is 41.6 Å². The Labute approximate surface area is 235 Å². The molecule has 4 aromatic rings. The van der Waals surface area contributed by atoms with Gasteiger partial charge in [0.2, 0.25) is 5.75 Å². The Bertz CT molecular complexity index is 1450. The van der Waals surface area contributed by atoms with Crippen molar-refractivity contribution in [1.29, 1.82) is 0 Å². The molecular formula is C28H26ClN5O4S. The number of allylic oxidation sites excluding steroid dienone is 1. The smallest absolute Gasteiger partial charge is 0.250 e. The van der Waals surface area contributed by atoms with E-state index in [1.165, 1.54) is 18.0 Å². The lowest BCUT2D eigenvalue weighted by Gasteiger charge is -2.15. The molecule has 4 rings (SSSR count). The lowest BCUT2D eigenvalue weighted by Crippen LogP contribution is -2.19. The highest BCUT2D eigenvalue weighted by Crippen LogP contribution is 2.41. The molecule has 11 heteroatoms. The average molecular weight is 564 g/mol. The van der Waals surface area contributed by atoms with E-state index in [1.807, 2.05) is 65.2 Å². The van der Waals surface area contributed by atoms with Gasteiger partial charge in [-0.2, -0.15) is 5.10 Å². The molecule has 1 amide bonds. The fourth-order valence-electron chi connectivity index (χ4n) is 3.64. The van der Waals surface area contributed by atoms with Crippen molar-refractivity contribution < 1.29 is 19.0 Å². The Balaban J connectivity index is 1.54. The molecule has 0 bridgehead atoms. The molecule has 1 aromatic heterocycles. The first-order valence-electron chi connectivity index (χ1n) is 11.7. The molecule has 0 saturated heterocycles. The molecule has 0 radical (unpaired) electrons. The van der Waals surface area contributed by atoms with Crippen LogP contribution in [0.1, 0.15) is 5.56 Å². The Morgan fingerprint density at radius 3 is 2.23 bits per heavy atom. The topological polar surface area (TPSA) is 99.9 Å². The van der Waals surface area contributed by atoms with Gasteiger partial charge >= 0.3 is 0 Å². The van der Waals surface area contributed by atoms with E-state index in [1.54, 1.807) is 39.5 Å². The number of thioether (sulfide) groups is 1. The minimum Gasteiger partial charge on any atom is -0.493 e. The number of hydrogen-bond acceptors (Lipinski definition) is 8. The van der Waals surface area contributed by atoms with Gasteiger partial charge in [-0.05, 0) is 35.9 Å². The lowest BCUT2D eigenvalue weighted by molar-refractivity contribution is -0.118. The van der Waals surface area contributed by atoms with Crippen LogP contribution in [0.3, 0.4) is 0 Å². The summed E-state index contributed by atoms with van der Waals surface area (Å²) in [6, 6.07) is 22.8. The van der Waals surface area contributed by atoms with E-state index in [9.17, 15) is 4.79 Å². The van der Waals surface area contributed by atoms with Crippen molar-refractivity contribution in [2.24, 2.45) is 5.10 Å². The molecule has 39 heavy (non-hydrogen) atoms. The number of aromatic nitrogens is 3. The number of carbonyl (C=O) groups is 1. The number of hydrazone groups is 1. The van der Waals surface area contributed by atoms with Gasteiger partial charge < -0.3 is 14.2 Å². The summed E-state index contributed by atoms with van der Waals surface area (Å²) in [6.07, 6.45) is 3.13. The van der Waals surface area contributed by atoms with Gasteiger partial charge in [0.05, 0.1) is 38.3 Å². The summed E-state index contributed by atoms with van der Waals surface area (Å²) in [5.74, 6) is 1.72. The molecule has 0 unspecified atom stereocenters. The number of amides is 1. The SMILES string of the molecule is COc1cc(-c2nnc(SCC(=O)N/N=C\C(Cl)=C\c3ccccc3)n2-c2ccccc2)cc(OC)c1OC. The zero-order valence-electron chi connectivity index (χ0n) is 21.5. The van der Waals surface area contributed by atoms with E-state index < -0.39 is 0 Å². The normalized spacial score (nSPS) is 11.4. The van der Waals surface area contributed by atoms with E-state index >= 15 is 0 Å². The summed E-state index contributed by atoms with van der Waals surface area (Å²) in [7, 11) is 4.65. The lowest BCUT2D eigenvalue weighted by atomic mass is 10.1. The number of carbonyl (C=O) groups excluding carboxylic acids is 1. The maximum absolute atomic E-state index is 12.5. The van der Waals surface area contributed by atoms with Crippen LogP contribution in [0.4, 0.5) is 0 Å². The monoisotopic (exact) mass is 563 g/mol. The molecule has 9 nitrogen and oxygen atoms in total. The molecule has 0 spiro atoms. The van der Waals surface area contributed by atoms with Gasteiger partial charge in [-0.3, -0.25) is 9.36 Å². The van der Waals surface area contributed by atoms with Crippen LogP contribution in [0.15, 0.2) is 88.1 Å². The highest BCUT2D eigenvalue weighted by atomic mass is 35.5. The quantitative estimate of drug-likeness (QED) is 0.147. The van der Waals surface area contributed by atoms with Crippen LogP contribution in [0.25, 0.3) is 23.2 Å². The van der Waals surface area contributed by atoms with Crippen LogP contribution >= 0.6 is 23.4 Å². The third kappa shape index (κ3) is 6.98. The Morgan fingerprint density at radius 2 is 1.62 bits per heavy atom. The minimum absolute atomic E-state index is 0.0532. The van der Waals surface area contributed by atoms with E-state index in [0.29, 0.717) is 38.8 Å². The van der Waals surface area contributed by atoms with Crippen molar-refractivity contribution in [2.45, 2.75) is 5.16 Å². The molecule has 0 aliphatic heterocycles. The highest BCUT2D eigenvalue weighted by molar-refractivity contribution is 7.99. The van der Waals surface area contributed by atoms with Gasteiger partial charge in [0.1, 0.15) is 0 Å². The van der Waals surface area contributed by atoms with Gasteiger partial charge in [0.25, 0.3) is 5.91 Å². The van der Waals surface area contributed by atoms with Gasteiger partial charge in [-0.1, -0.05) is 71.9 Å². The summed E-state index contributed by atoms with van der Waals surface area (Å²) >= 11 is 7.41. The van der Waals surface area contributed by atoms with E-state index in [2.05, 4.69) is 20.7 Å². The number of methoxy groups -OCH3 is 3. The second kappa shape index (κ2) is 13.5. The number of halogens is 1. The number of ether oxygens (including phenoxy) is 3. The largest absolute Gasteiger partial charge is 0.493 e. The van der Waals surface area contributed by atoms with Gasteiger partial charge in [-0.15, -0.1) is 10.2 Å². The van der Waals surface area contributed by atoms with Gasteiger partial charge in [0, 0.05) is 11.3 Å². The number of hydrogen-bond donors (Lipinski definition) is 1. The van der Waals surface area contributed by atoms with Crippen molar-refractivity contribution in [3.05, 3.63) is 83.4 Å². The number of para-hydroxylation sites is 1. The van der Waals surface area contributed by atoms with E-state index in [4.69, 9.17) is 25.8 Å². The Morgan fingerprint density at radius 1 is 0.974 bits per heavy atom. The van der Waals surface area contributed by atoms with Crippen molar-refractivity contribution in [2.75, 3.05) is 27.1 Å². The van der Waals surface area contributed by atoms with E-state index in [0.717, 1.165) is 11.3 Å². The molecule has 3 aromatic carbocycles. The van der Waals surface area contributed by atoms with Gasteiger partial charge in [0.15, 0.2) is 22.5 Å². The van der Waals surface area contributed by atoms with Crippen LogP contribution in [0.5, 0.6) is 17.2 Å². The van der Waals surface area contributed by atoms with Gasteiger partial charge in [-0.25, -0.2) is 5.43 Å². The standard InChI is InChI=1S/C28H26ClN5O4S/c1-36-23-15-20(16-24(37-2)26(23)38-3)27-32-33-28(34(27)22-12-8-5-9-13-22)39-18-25(35)31-30-17-21(29)14-19-10-6-4-7-11-19/h4-17H,18H2,1-3H3,(H,31,35)/b21-14-,30-17-. The van der Waals surface area contributed by atoms with E-state index in [-0.39, 0.29) is 11.7 Å². The first-order valence-corrected chi connectivity index (χ1v) is 13.1. The molecule has 200 valence electrons. The molecule has 1 heterocycles. The molecule has 0 aliphatic rings. The maximum atomic E-state index is 12.5. The first kappa shape index (κ1) is 27.7. The molecule has 0 aliphatic carbocycles. The summed E-state index contributed by atoms with van der Waals surface area (Å²) in [4.78, 5) is 12.5. The number of nitrogens with one attached hydrogen (secondary N) is 1. The zero-order chi connectivity index (χ0) is 27.6. The third-order valence-electron chi connectivity index (χ3n) is 5.38. The number of nitrogens with zero attached hydrogens (tertiary/aromatic N) is 4. The Hall–Kier alpha value is -4.28. The highest BCUT2D eigenvalue weighted by Gasteiger charge is 2.21. The average Bonchev–Trinajstić information content (AvgIpc) is 3.40. The molecule has 1 N–H and O–H groups in total. The van der Waals surface area contributed by atoms with Crippen molar-refractivity contribution in [1.82, 2.24) is 20.2 Å². The zero-order valence-corrected chi connectivity index (χ0v) is 23.1. The van der Waals surface area contributed by atoms with Crippen LogP contribution in [0.2, 0.25) is 0 Å². The number of rotatable bonds is 11. The molecular weight excluding hydrogens is 538 g/mol. The fourth-order valence-corrected chi connectivity index (χ4v) is 4.56. The molecule has 0 fully saturated rings. The summed E-state index contributed by atoms with van der Waals surface area (Å²) in [6.45, 7) is 0. The van der Waals surface area contributed by atoms with Crippen LogP contribution < -0.4 is 19.6 Å². The summed E-state index contributed by atoms with van der Waals surface area (Å²) in [5.41, 5.74) is 4.94. The van der Waals surface area contributed by atoms with Crippen LogP contribution in [-0.2, 0) is 4.79 Å². The fraction of sp³-hybridized carbons (Fsp3) is 0.143. The van der Waals surface area contributed by atoms with Crippen molar-refractivity contribution in [3.63, 3.8) is 0 Å². The second-order valence-electron chi connectivity index (χ2n) is 7.91.